The number of nitrogens with two attached hydrogens (primary N) is 1. The van der Waals surface area contributed by atoms with Gasteiger partial charge in [-0.3, -0.25) is 4.79 Å². The van der Waals surface area contributed by atoms with E-state index in [0.29, 0.717) is 12.1 Å². The molecule has 0 aliphatic heterocycles. The van der Waals surface area contributed by atoms with Crippen molar-refractivity contribution in [1.82, 2.24) is 9.97 Å². The van der Waals surface area contributed by atoms with E-state index in [9.17, 15) is 4.79 Å². The Labute approximate surface area is 77.2 Å². The molecular weight excluding hydrogens is 166 g/mol. The van der Waals surface area contributed by atoms with Gasteiger partial charge in [0.05, 0.1) is 0 Å². The zero-order valence-electron chi connectivity index (χ0n) is 7.87. The van der Waals surface area contributed by atoms with E-state index in [1.165, 1.54) is 0 Å². The van der Waals surface area contributed by atoms with Crippen LogP contribution in [0, 0.1) is 6.92 Å². The minimum Gasteiger partial charge on any atom is -0.368 e. The average Bonchev–Trinajstić information content (AvgIpc) is 2.03. The second kappa shape index (κ2) is 3.98. The quantitative estimate of drug-likeness (QED) is 0.711. The third kappa shape index (κ3) is 2.50. The largest absolute Gasteiger partial charge is 0.368 e. The smallest absolute Gasteiger partial charge is 0.220 e. The van der Waals surface area contributed by atoms with Crippen molar-refractivity contribution in [2.24, 2.45) is 0 Å². The van der Waals surface area contributed by atoms with Crippen LogP contribution in [-0.2, 0) is 0 Å². The summed E-state index contributed by atoms with van der Waals surface area (Å²) < 4.78 is 0. The number of hydrogen-bond acceptors (Lipinski definition) is 4. The molecule has 0 radical (unpaired) electrons. The van der Waals surface area contributed by atoms with Crippen molar-refractivity contribution in [2.45, 2.75) is 26.7 Å². The van der Waals surface area contributed by atoms with Crippen LogP contribution in [-0.4, -0.2) is 15.8 Å². The minimum absolute atomic E-state index is 0.0275. The molecule has 0 spiro atoms. The topological polar surface area (TPSA) is 68.9 Å². The number of nitrogen functional groups attached to an aromatic ring is 1. The molecule has 0 aromatic carbocycles. The van der Waals surface area contributed by atoms with Gasteiger partial charge < -0.3 is 5.73 Å². The number of anilines is 1. The van der Waals surface area contributed by atoms with E-state index in [1.54, 1.807) is 13.0 Å². The maximum atomic E-state index is 11.4. The summed E-state index contributed by atoms with van der Waals surface area (Å²) in [5.74, 6) is 0.194. The third-order valence-electron chi connectivity index (χ3n) is 1.63. The van der Waals surface area contributed by atoms with Crippen LogP contribution < -0.4 is 5.73 Å². The molecular formula is C9H13N3O. The molecule has 1 heterocycles. The number of aryl methyl sites for hydroxylation is 1. The molecule has 0 bridgehead atoms. The molecule has 1 aromatic rings. The van der Waals surface area contributed by atoms with Crippen LogP contribution in [0.25, 0.3) is 0 Å². The standard InChI is InChI=1S/C9H13N3O/c1-3-4-8(13)7-5-6(2)11-9(10)12-7/h5H,3-4H2,1-2H3,(H2,10,11,12). The predicted molar refractivity (Wildman–Crippen MR) is 50.4 cm³/mol. The minimum atomic E-state index is 0.0275. The Morgan fingerprint density at radius 2 is 2.23 bits per heavy atom. The lowest BCUT2D eigenvalue weighted by atomic mass is 10.1. The van der Waals surface area contributed by atoms with Crippen molar-refractivity contribution >= 4 is 11.7 Å². The molecule has 0 aliphatic rings. The molecule has 0 unspecified atom stereocenters. The van der Waals surface area contributed by atoms with E-state index >= 15 is 0 Å². The first-order valence-corrected chi connectivity index (χ1v) is 4.28. The van der Waals surface area contributed by atoms with Crippen molar-refractivity contribution in [2.75, 3.05) is 5.73 Å². The van der Waals surface area contributed by atoms with E-state index in [-0.39, 0.29) is 11.7 Å². The number of aromatic nitrogens is 2. The highest BCUT2D eigenvalue weighted by molar-refractivity contribution is 5.94. The van der Waals surface area contributed by atoms with Crippen molar-refractivity contribution in [3.05, 3.63) is 17.5 Å². The summed E-state index contributed by atoms with van der Waals surface area (Å²) in [6.07, 6.45) is 1.33. The third-order valence-corrected chi connectivity index (χ3v) is 1.63. The molecule has 4 nitrogen and oxygen atoms in total. The lowest BCUT2D eigenvalue weighted by Gasteiger charge is -2.00. The van der Waals surface area contributed by atoms with E-state index in [4.69, 9.17) is 5.73 Å². The molecule has 0 saturated heterocycles. The highest BCUT2D eigenvalue weighted by Crippen LogP contribution is 2.05. The highest BCUT2D eigenvalue weighted by atomic mass is 16.1. The van der Waals surface area contributed by atoms with Crippen LogP contribution in [0.1, 0.15) is 35.9 Å². The number of carbonyl (C=O) groups excluding carboxylic acids is 1. The number of ketones is 1. The normalized spacial score (nSPS) is 10.0. The van der Waals surface area contributed by atoms with E-state index in [2.05, 4.69) is 9.97 Å². The summed E-state index contributed by atoms with van der Waals surface area (Å²) in [4.78, 5) is 19.2. The Kier molecular flexibility index (Phi) is 2.95. The molecule has 70 valence electrons. The fraction of sp³-hybridized carbons (Fsp3) is 0.444. The molecule has 0 atom stereocenters. The number of rotatable bonds is 3. The number of nitrogens with zero attached hydrogens (tertiary/aromatic N) is 2. The summed E-state index contributed by atoms with van der Waals surface area (Å²) in [6.45, 7) is 3.75. The lowest BCUT2D eigenvalue weighted by Crippen LogP contribution is -2.06. The first-order valence-electron chi connectivity index (χ1n) is 4.28. The molecule has 1 aromatic heterocycles. The van der Waals surface area contributed by atoms with Crippen LogP contribution in [0.15, 0.2) is 6.07 Å². The van der Waals surface area contributed by atoms with Gasteiger partial charge in [-0.05, 0) is 19.4 Å². The summed E-state index contributed by atoms with van der Waals surface area (Å²) in [7, 11) is 0. The van der Waals surface area contributed by atoms with Crippen molar-refractivity contribution < 1.29 is 4.79 Å². The van der Waals surface area contributed by atoms with Gasteiger partial charge in [-0.15, -0.1) is 0 Å². The van der Waals surface area contributed by atoms with Crippen LogP contribution in [0.2, 0.25) is 0 Å². The Bertz CT molecular complexity index is 302. The van der Waals surface area contributed by atoms with E-state index in [1.807, 2.05) is 6.92 Å². The molecule has 0 aliphatic carbocycles. The first kappa shape index (κ1) is 9.64. The second-order valence-corrected chi connectivity index (χ2v) is 2.93. The van der Waals surface area contributed by atoms with Gasteiger partial charge >= 0.3 is 0 Å². The molecule has 4 heteroatoms. The first-order chi connectivity index (χ1) is 6.13. The van der Waals surface area contributed by atoms with Crippen LogP contribution in [0.3, 0.4) is 0 Å². The summed E-state index contributed by atoms with van der Waals surface area (Å²) in [5, 5.41) is 0. The van der Waals surface area contributed by atoms with Crippen LogP contribution >= 0.6 is 0 Å². The van der Waals surface area contributed by atoms with Crippen LogP contribution in [0.4, 0.5) is 5.95 Å². The number of carbonyl (C=O) groups is 1. The SMILES string of the molecule is CCCC(=O)c1cc(C)nc(N)n1. The maximum Gasteiger partial charge on any atom is 0.220 e. The average molecular weight is 179 g/mol. The van der Waals surface area contributed by atoms with Gasteiger partial charge in [-0.2, -0.15) is 0 Å². The monoisotopic (exact) mass is 179 g/mol. The van der Waals surface area contributed by atoms with Gasteiger partial charge in [0, 0.05) is 12.1 Å². The van der Waals surface area contributed by atoms with Gasteiger partial charge in [0.2, 0.25) is 5.95 Å². The Hall–Kier alpha value is -1.45. The second-order valence-electron chi connectivity index (χ2n) is 2.93. The van der Waals surface area contributed by atoms with Gasteiger partial charge in [0.25, 0.3) is 0 Å². The fourth-order valence-corrected chi connectivity index (χ4v) is 1.09. The zero-order chi connectivity index (χ0) is 9.84. The van der Waals surface area contributed by atoms with Crippen molar-refractivity contribution in [3.8, 4) is 0 Å². The molecule has 0 saturated carbocycles. The van der Waals surface area contributed by atoms with E-state index in [0.717, 1.165) is 12.1 Å². The number of hydrogen-bond donors (Lipinski definition) is 1. The molecule has 13 heavy (non-hydrogen) atoms. The van der Waals surface area contributed by atoms with Gasteiger partial charge in [-0.1, -0.05) is 6.92 Å². The van der Waals surface area contributed by atoms with Crippen LogP contribution in [0.5, 0.6) is 0 Å². The van der Waals surface area contributed by atoms with Crippen molar-refractivity contribution in [1.29, 1.82) is 0 Å². The Morgan fingerprint density at radius 3 is 2.77 bits per heavy atom. The summed E-state index contributed by atoms with van der Waals surface area (Å²) in [5.41, 5.74) is 6.57. The number of Topliss-reactive ketones (excluding diaryl/α,β-unsaturated/α-hetero) is 1. The lowest BCUT2D eigenvalue weighted by molar-refractivity contribution is 0.0977. The molecule has 0 fully saturated rings. The van der Waals surface area contributed by atoms with Gasteiger partial charge in [-0.25, -0.2) is 9.97 Å². The molecule has 0 amide bonds. The van der Waals surface area contributed by atoms with E-state index < -0.39 is 0 Å². The summed E-state index contributed by atoms with van der Waals surface area (Å²) >= 11 is 0. The Morgan fingerprint density at radius 1 is 1.54 bits per heavy atom. The van der Waals surface area contributed by atoms with Gasteiger partial charge in [0.1, 0.15) is 5.69 Å². The fourth-order valence-electron chi connectivity index (χ4n) is 1.09. The van der Waals surface area contributed by atoms with Gasteiger partial charge in [0.15, 0.2) is 5.78 Å². The van der Waals surface area contributed by atoms with Crippen molar-refractivity contribution in [3.63, 3.8) is 0 Å². The maximum absolute atomic E-state index is 11.4. The molecule has 2 N–H and O–H groups in total. The highest BCUT2D eigenvalue weighted by Gasteiger charge is 2.07. The molecule has 1 rings (SSSR count). The zero-order valence-corrected chi connectivity index (χ0v) is 7.87. The predicted octanol–water partition coefficient (Wildman–Crippen LogP) is 1.35. The summed E-state index contributed by atoms with van der Waals surface area (Å²) in [6, 6.07) is 1.66. The Balaban J connectivity index is 2.94.